The lowest BCUT2D eigenvalue weighted by Gasteiger charge is -2.33. The normalized spacial score (nSPS) is 15.7. The molecule has 0 atom stereocenters. The molecular formula is C30H27FN2O. The van der Waals surface area contributed by atoms with Crippen molar-refractivity contribution < 1.29 is 9.18 Å². The fourth-order valence-electron chi connectivity index (χ4n) is 5.50. The van der Waals surface area contributed by atoms with Crippen molar-refractivity contribution in [2.75, 3.05) is 23.3 Å². The standard InChI is InChI=1S/C30H27FN2O/c31-24-9-11-25(12-10-24)33-16-14-22(15-17-33)18-20-4-6-21(7-5-20)19-23-8-13-28-29-26(23)2-1-3-27(29)30(34)32-28/h1-13,22H,14-19H2,(H,32,34). The highest BCUT2D eigenvalue weighted by Gasteiger charge is 2.22. The van der Waals surface area contributed by atoms with E-state index in [9.17, 15) is 9.18 Å². The fraction of sp³-hybridized carbons (Fsp3) is 0.233. The van der Waals surface area contributed by atoms with Crippen molar-refractivity contribution in [3.05, 3.63) is 107 Å². The number of halogens is 1. The quantitative estimate of drug-likeness (QED) is 0.372. The van der Waals surface area contributed by atoms with Crippen molar-refractivity contribution in [1.82, 2.24) is 0 Å². The Bertz CT molecular complexity index is 1350. The molecule has 170 valence electrons. The van der Waals surface area contributed by atoms with Crippen LogP contribution in [0.3, 0.4) is 0 Å². The van der Waals surface area contributed by atoms with Gasteiger partial charge in [-0.3, -0.25) is 4.79 Å². The van der Waals surface area contributed by atoms with E-state index >= 15 is 0 Å². The molecule has 0 unspecified atom stereocenters. The molecule has 1 saturated heterocycles. The van der Waals surface area contributed by atoms with Gasteiger partial charge in [0.15, 0.2) is 0 Å². The fourth-order valence-corrected chi connectivity index (χ4v) is 5.50. The van der Waals surface area contributed by atoms with Crippen molar-refractivity contribution in [3.8, 4) is 0 Å². The van der Waals surface area contributed by atoms with E-state index in [-0.39, 0.29) is 11.7 Å². The van der Waals surface area contributed by atoms with Crippen LogP contribution in [0.4, 0.5) is 15.8 Å². The minimum absolute atomic E-state index is 0.00870. The summed E-state index contributed by atoms with van der Waals surface area (Å²) in [6, 6.07) is 26.0. The van der Waals surface area contributed by atoms with Gasteiger partial charge in [-0.1, -0.05) is 42.5 Å². The third kappa shape index (κ3) is 3.94. The highest BCUT2D eigenvalue weighted by atomic mass is 19.1. The molecule has 1 fully saturated rings. The number of amides is 1. The Morgan fingerprint density at radius 1 is 0.853 bits per heavy atom. The first kappa shape index (κ1) is 20.9. The van der Waals surface area contributed by atoms with Gasteiger partial charge in [0.1, 0.15) is 5.82 Å². The SMILES string of the molecule is O=C1Nc2ccc(Cc3ccc(CC4CCN(c5ccc(F)cc5)CC4)cc3)c3cccc1c23. The van der Waals surface area contributed by atoms with E-state index in [0.29, 0.717) is 5.92 Å². The summed E-state index contributed by atoms with van der Waals surface area (Å²) in [7, 11) is 0. The summed E-state index contributed by atoms with van der Waals surface area (Å²) >= 11 is 0. The molecule has 6 rings (SSSR count). The molecule has 3 nitrogen and oxygen atoms in total. The maximum absolute atomic E-state index is 13.2. The average molecular weight is 451 g/mol. The van der Waals surface area contributed by atoms with Crippen LogP contribution in [0, 0.1) is 11.7 Å². The van der Waals surface area contributed by atoms with Crippen molar-refractivity contribution in [2.45, 2.75) is 25.7 Å². The van der Waals surface area contributed by atoms with E-state index in [2.05, 4.69) is 46.6 Å². The van der Waals surface area contributed by atoms with Crippen LogP contribution in [-0.2, 0) is 12.8 Å². The van der Waals surface area contributed by atoms with Gasteiger partial charge in [0.2, 0.25) is 0 Å². The van der Waals surface area contributed by atoms with Gasteiger partial charge in [0.25, 0.3) is 5.91 Å². The average Bonchev–Trinajstić information content (AvgIpc) is 3.20. The number of hydrogen-bond acceptors (Lipinski definition) is 2. The Morgan fingerprint density at radius 2 is 1.59 bits per heavy atom. The van der Waals surface area contributed by atoms with Gasteiger partial charge in [-0.15, -0.1) is 0 Å². The molecule has 34 heavy (non-hydrogen) atoms. The van der Waals surface area contributed by atoms with Crippen LogP contribution >= 0.6 is 0 Å². The predicted octanol–water partition coefficient (Wildman–Crippen LogP) is 6.59. The first-order valence-corrected chi connectivity index (χ1v) is 12.1. The Morgan fingerprint density at radius 3 is 2.35 bits per heavy atom. The maximum Gasteiger partial charge on any atom is 0.256 e. The minimum Gasteiger partial charge on any atom is -0.372 e. The molecule has 1 amide bonds. The molecule has 2 aliphatic heterocycles. The summed E-state index contributed by atoms with van der Waals surface area (Å²) in [6.45, 7) is 2.05. The van der Waals surface area contributed by atoms with Crippen molar-refractivity contribution >= 4 is 28.1 Å². The predicted molar refractivity (Wildman–Crippen MR) is 136 cm³/mol. The Hall–Kier alpha value is -3.66. The topological polar surface area (TPSA) is 32.3 Å². The summed E-state index contributed by atoms with van der Waals surface area (Å²) in [4.78, 5) is 14.6. The molecule has 0 aliphatic carbocycles. The van der Waals surface area contributed by atoms with E-state index in [1.165, 1.54) is 16.7 Å². The number of carbonyl (C=O) groups is 1. The van der Waals surface area contributed by atoms with Crippen LogP contribution < -0.4 is 10.2 Å². The number of carbonyl (C=O) groups excluding carboxylic acids is 1. The highest BCUT2D eigenvalue weighted by molar-refractivity contribution is 6.24. The van der Waals surface area contributed by atoms with Gasteiger partial charge in [-0.05, 0) is 90.1 Å². The molecule has 4 aromatic carbocycles. The van der Waals surface area contributed by atoms with Gasteiger partial charge in [-0.2, -0.15) is 0 Å². The zero-order chi connectivity index (χ0) is 23.1. The number of nitrogens with one attached hydrogen (secondary N) is 1. The molecule has 4 heteroatoms. The third-order valence-corrected chi connectivity index (χ3v) is 7.37. The van der Waals surface area contributed by atoms with Gasteiger partial charge in [0.05, 0.1) is 0 Å². The summed E-state index contributed by atoms with van der Waals surface area (Å²) in [5.74, 6) is 0.498. The van der Waals surface area contributed by atoms with Gasteiger partial charge in [-0.25, -0.2) is 4.39 Å². The Balaban J connectivity index is 1.10. The van der Waals surface area contributed by atoms with Crippen LogP contribution in [0.15, 0.2) is 78.9 Å². The van der Waals surface area contributed by atoms with Crippen LogP contribution in [0.25, 0.3) is 10.8 Å². The lowest BCUT2D eigenvalue weighted by molar-refractivity contribution is 0.103. The summed E-state index contributed by atoms with van der Waals surface area (Å²) in [5.41, 5.74) is 6.73. The first-order chi connectivity index (χ1) is 16.6. The van der Waals surface area contributed by atoms with E-state index in [1.807, 2.05) is 30.3 Å². The van der Waals surface area contributed by atoms with E-state index < -0.39 is 0 Å². The van der Waals surface area contributed by atoms with E-state index in [4.69, 9.17) is 0 Å². The summed E-state index contributed by atoms with van der Waals surface area (Å²) < 4.78 is 13.2. The van der Waals surface area contributed by atoms with Gasteiger partial charge < -0.3 is 10.2 Å². The molecule has 4 aromatic rings. The Kier molecular flexibility index (Phi) is 5.29. The zero-order valence-corrected chi connectivity index (χ0v) is 19.1. The second-order valence-corrected chi connectivity index (χ2v) is 9.56. The minimum atomic E-state index is -0.178. The van der Waals surface area contributed by atoms with Gasteiger partial charge in [0, 0.05) is 35.4 Å². The largest absolute Gasteiger partial charge is 0.372 e. The number of benzene rings is 4. The maximum atomic E-state index is 13.2. The van der Waals surface area contributed by atoms with E-state index in [0.717, 1.165) is 66.5 Å². The molecule has 1 N–H and O–H groups in total. The van der Waals surface area contributed by atoms with Gasteiger partial charge >= 0.3 is 0 Å². The summed E-state index contributed by atoms with van der Waals surface area (Å²) in [5, 5.41) is 5.17. The Labute approximate surface area is 199 Å². The lowest BCUT2D eigenvalue weighted by Crippen LogP contribution is -2.34. The lowest BCUT2D eigenvalue weighted by atomic mass is 9.89. The molecule has 0 spiro atoms. The van der Waals surface area contributed by atoms with Crippen molar-refractivity contribution in [3.63, 3.8) is 0 Å². The molecule has 0 radical (unpaired) electrons. The highest BCUT2D eigenvalue weighted by Crippen LogP contribution is 2.35. The van der Waals surface area contributed by atoms with Crippen LogP contribution in [0.1, 0.15) is 39.9 Å². The van der Waals surface area contributed by atoms with Crippen LogP contribution in [0.2, 0.25) is 0 Å². The molecule has 0 saturated carbocycles. The number of anilines is 2. The van der Waals surface area contributed by atoms with E-state index in [1.54, 1.807) is 12.1 Å². The number of rotatable bonds is 5. The van der Waals surface area contributed by atoms with Crippen molar-refractivity contribution in [1.29, 1.82) is 0 Å². The number of nitrogens with zero attached hydrogens (tertiary/aromatic N) is 1. The monoisotopic (exact) mass is 450 g/mol. The molecule has 0 bridgehead atoms. The second kappa shape index (κ2) is 8.60. The van der Waals surface area contributed by atoms with Crippen molar-refractivity contribution in [2.24, 2.45) is 5.92 Å². The number of hydrogen-bond donors (Lipinski definition) is 1. The number of piperidine rings is 1. The molecule has 2 heterocycles. The molecule has 2 aliphatic rings. The van der Waals surface area contributed by atoms with Crippen LogP contribution in [0.5, 0.6) is 0 Å². The second-order valence-electron chi connectivity index (χ2n) is 9.56. The third-order valence-electron chi connectivity index (χ3n) is 7.37. The first-order valence-electron chi connectivity index (χ1n) is 12.1. The molecule has 0 aromatic heterocycles. The zero-order valence-electron chi connectivity index (χ0n) is 19.1. The molecular weight excluding hydrogens is 423 g/mol. The smallest absolute Gasteiger partial charge is 0.256 e. The summed E-state index contributed by atoms with van der Waals surface area (Å²) in [6.07, 6.45) is 4.27. The van der Waals surface area contributed by atoms with Crippen LogP contribution in [-0.4, -0.2) is 19.0 Å².